The number of rotatable bonds is 9. The summed E-state index contributed by atoms with van der Waals surface area (Å²) in [6, 6.07) is 45.5. The predicted molar refractivity (Wildman–Crippen MR) is 212 cm³/mol. The molecule has 0 aliphatic carbocycles. The molecule has 4 amide bonds. The summed E-state index contributed by atoms with van der Waals surface area (Å²) in [5, 5.41) is 27.8. The smallest absolute Gasteiger partial charge is 0.307 e. The second-order valence-corrected chi connectivity index (χ2v) is 12.8. The van der Waals surface area contributed by atoms with Crippen LogP contribution in [0, 0.1) is 13.8 Å². The summed E-state index contributed by atoms with van der Waals surface area (Å²) in [6.07, 6.45) is 0.474. The summed E-state index contributed by atoms with van der Waals surface area (Å²) >= 11 is 0. The number of aromatic nitrogens is 6. The Labute approximate surface area is 311 Å². The van der Waals surface area contributed by atoms with E-state index >= 15 is 0 Å². The Hall–Kier alpha value is -7.47. The van der Waals surface area contributed by atoms with Gasteiger partial charge in [0.2, 0.25) is 0 Å². The summed E-state index contributed by atoms with van der Waals surface area (Å²) in [4.78, 5) is 26.8. The van der Waals surface area contributed by atoms with Gasteiger partial charge in [0.05, 0.1) is 39.8 Å². The van der Waals surface area contributed by atoms with Crippen molar-refractivity contribution in [1.82, 2.24) is 29.3 Å². The average Bonchev–Trinajstić information content (AvgIpc) is 3.88. The molecule has 12 nitrogen and oxygen atoms in total. The SMILES string of the molecule is Cc1cc(NC(=O)Nc2cccc3ccc(Cc4cc(NC(=O)Nc5cc(C)nn5-c5ccccc5)n(-c5ccccc5)n4)cc23)n(-c2ccccc2)n1. The van der Waals surface area contributed by atoms with Crippen LogP contribution in [0.2, 0.25) is 0 Å². The normalized spacial score (nSPS) is 11.0. The fraction of sp³-hybridized carbons (Fsp3) is 0.0714. The van der Waals surface area contributed by atoms with E-state index in [0.29, 0.717) is 29.6 Å². The molecule has 8 aromatic rings. The molecule has 5 aromatic carbocycles. The second-order valence-electron chi connectivity index (χ2n) is 12.8. The van der Waals surface area contributed by atoms with Crippen molar-refractivity contribution in [3.05, 3.63) is 168 Å². The zero-order valence-electron chi connectivity index (χ0n) is 29.6. The van der Waals surface area contributed by atoms with Gasteiger partial charge in [-0.1, -0.05) is 78.9 Å². The Morgan fingerprint density at radius 3 is 1.52 bits per heavy atom. The molecule has 0 aliphatic heterocycles. The molecule has 3 aromatic heterocycles. The summed E-state index contributed by atoms with van der Waals surface area (Å²) in [5.41, 5.74) is 6.40. The topological polar surface area (TPSA) is 136 Å². The number of carbonyl (C=O) groups is 2. The zero-order chi connectivity index (χ0) is 37.0. The maximum Gasteiger partial charge on any atom is 0.326 e. The lowest BCUT2D eigenvalue weighted by Gasteiger charge is -2.12. The molecule has 0 saturated heterocycles. The summed E-state index contributed by atoms with van der Waals surface area (Å²) in [5.74, 6) is 1.59. The zero-order valence-corrected chi connectivity index (χ0v) is 29.6. The largest absolute Gasteiger partial charge is 0.326 e. The second kappa shape index (κ2) is 14.6. The van der Waals surface area contributed by atoms with E-state index < -0.39 is 6.03 Å². The number of carbonyl (C=O) groups excluding carboxylic acids is 2. The van der Waals surface area contributed by atoms with Gasteiger partial charge in [-0.2, -0.15) is 15.3 Å². The Morgan fingerprint density at radius 2 is 0.981 bits per heavy atom. The van der Waals surface area contributed by atoms with E-state index in [9.17, 15) is 9.59 Å². The lowest BCUT2D eigenvalue weighted by atomic mass is 10.0. The van der Waals surface area contributed by atoms with Gasteiger partial charge in [0.15, 0.2) is 0 Å². The summed E-state index contributed by atoms with van der Waals surface area (Å²) in [7, 11) is 0. The van der Waals surface area contributed by atoms with E-state index in [4.69, 9.17) is 5.10 Å². The third-order valence-corrected chi connectivity index (χ3v) is 8.73. The maximum atomic E-state index is 13.5. The first-order valence-electron chi connectivity index (χ1n) is 17.4. The minimum absolute atomic E-state index is 0.387. The number of anilines is 4. The minimum Gasteiger partial charge on any atom is -0.307 e. The molecular formula is C42H36N10O2. The molecule has 0 aliphatic rings. The van der Waals surface area contributed by atoms with Gasteiger partial charge in [-0.05, 0) is 73.3 Å². The van der Waals surface area contributed by atoms with Gasteiger partial charge >= 0.3 is 12.1 Å². The number of nitrogens with zero attached hydrogens (tertiary/aromatic N) is 6. The van der Waals surface area contributed by atoms with E-state index in [1.807, 2.05) is 153 Å². The highest BCUT2D eigenvalue weighted by molar-refractivity contribution is 6.06. The van der Waals surface area contributed by atoms with E-state index in [1.165, 1.54) is 0 Å². The first kappa shape index (κ1) is 33.7. The van der Waals surface area contributed by atoms with E-state index in [0.717, 1.165) is 50.5 Å². The lowest BCUT2D eigenvalue weighted by Crippen LogP contribution is -2.22. The number of aryl methyl sites for hydroxylation is 2. The van der Waals surface area contributed by atoms with Crippen LogP contribution in [-0.4, -0.2) is 41.4 Å². The third-order valence-electron chi connectivity index (χ3n) is 8.73. The van der Waals surface area contributed by atoms with Crippen LogP contribution in [0.5, 0.6) is 0 Å². The molecule has 4 N–H and O–H groups in total. The fourth-order valence-corrected chi connectivity index (χ4v) is 6.36. The number of fused-ring (bicyclic) bond motifs is 1. The monoisotopic (exact) mass is 712 g/mol. The number of urea groups is 2. The van der Waals surface area contributed by atoms with Crippen LogP contribution >= 0.6 is 0 Å². The van der Waals surface area contributed by atoms with Crippen LogP contribution in [0.4, 0.5) is 32.7 Å². The molecule has 0 unspecified atom stereocenters. The van der Waals surface area contributed by atoms with Crippen molar-refractivity contribution < 1.29 is 9.59 Å². The number of hydrogen-bond acceptors (Lipinski definition) is 5. The van der Waals surface area contributed by atoms with Gasteiger partial charge in [0.1, 0.15) is 17.5 Å². The van der Waals surface area contributed by atoms with Crippen molar-refractivity contribution in [3.63, 3.8) is 0 Å². The number of nitrogens with one attached hydrogen (secondary N) is 4. The lowest BCUT2D eigenvalue weighted by molar-refractivity contribution is 0.261. The Kier molecular flexibility index (Phi) is 9.13. The summed E-state index contributed by atoms with van der Waals surface area (Å²) in [6.45, 7) is 3.76. The highest BCUT2D eigenvalue weighted by atomic mass is 16.2. The standard InChI is InChI=1S/C42H36N10O2/c1-28-23-38(50(47-28)33-14-6-3-7-15-33)44-41(53)43-37-20-12-13-31-22-21-30(26-36(31)37)25-32-27-40(52(49-32)35-18-10-5-11-19-35)46-42(54)45-39-24-29(2)48-51(39)34-16-8-4-9-17-34/h3-24,26-27H,25H2,1-2H3,(H2,43,44,53)(H2,45,46,54). The predicted octanol–water partition coefficient (Wildman–Crippen LogP) is 8.89. The number of hydrogen-bond donors (Lipinski definition) is 4. The molecule has 0 spiro atoms. The van der Waals surface area contributed by atoms with Crippen molar-refractivity contribution in [2.75, 3.05) is 21.3 Å². The number of amides is 4. The molecule has 3 heterocycles. The number of benzene rings is 5. The molecule has 0 fully saturated rings. The molecule has 54 heavy (non-hydrogen) atoms. The van der Waals surface area contributed by atoms with Crippen LogP contribution in [0.15, 0.2) is 146 Å². The van der Waals surface area contributed by atoms with Gasteiger partial charge in [-0.25, -0.2) is 23.6 Å². The molecule has 0 radical (unpaired) electrons. The van der Waals surface area contributed by atoms with Crippen molar-refractivity contribution in [2.45, 2.75) is 20.3 Å². The number of para-hydroxylation sites is 3. The van der Waals surface area contributed by atoms with E-state index in [1.54, 1.807) is 14.0 Å². The first-order valence-corrected chi connectivity index (χ1v) is 17.4. The Balaban J connectivity index is 1.03. The molecule has 266 valence electrons. The molecule has 0 bridgehead atoms. The van der Waals surface area contributed by atoms with E-state index in [-0.39, 0.29) is 6.03 Å². The minimum atomic E-state index is -0.433. The molecular weight excluding hydrogens is 677 g/mol. The molecule has 0 saturated carbocycles. The highest BCUT2D eigenvalue weighted by Crippen LogP contribution is 2.28. The van der Waals surface area contributed by atoms with Crippen LogP contribution in [-0.2, 0) is 6.42 Å². The highest BCUT2D eigenvalue weighted by Gasteiger charge is 2.17. The third kappa shape index (κ3) is 7.30. The Bertz CT molecular complexity index is 2590. The molecule has 0 atom stereocenters. The fourth-order valence-electron chi connectivity index (χ4n) is 6.36. The van der Waals surface area contributed by atoms with Crippen molar-refractivity contribution in [1.29, 1.82) is 0 Å². The van der Waals surface area contributed by atoms with Gasteiger partial charge in [-0.15, -0.1) is 0 Å². The van der Waals surface area contributed by atoms with Crippen molar-refractivity contribution >= 4 is 46.0 Å². The molecule has 12 heteroatoms. The van der Waals surface area contributed by atoms with Gasteiger partial charge < -0.3 is 5.32 Å². The van der Waals surface area contributed by atoms with Crippen LogP contribution in [0.25, 0.3) is 27.8 Å². The molecule has 8 rings (SSSR count). The van der Waals surface area contributed by atoms with Crippen LogP contribution < -0.4 is 21.3 Å². The van der Waals surface area contributed by atoms with E-state index in [2.05, 4.69) is 37.5 Å². The quantitative estimate of drug-likeness (QED) is 0.119. The first-order chi connectivity index (χ1) is 26.4. The average molecular weight is 713 g/mol. The van der Waals surface area contributed by atoms with Gasteiger partial charge in [0.25, 0.3) is 0 Å². The van der Waals surface area contributed by atoms with Crippen molar-refractivity contribution in [3.8, 4) is 17.1 Å². The van der Waals surface area contributed by atoms with Gasteiger partial charge in [-0.3, -0.25) is 16.0 Å². The van der Waals surface area contributed by atoms with Gasteiger partial charge in [0, 0.05) is 30.0 Å². The Morgan fingerprint density at radius 1 is 0.500 bits per heavy atom. The van der Waals surface area contributed by atoms with Crippen molar-refractivity contribution in [2.24, 2.45) is 0 Å². The maximum absolute atomic E-state index is 13.5. The summed E-state index contributed by atoms with van der Waals surface area (Å²) < 4.78 is 5.12. The van der Waals surface area contributed by atoms with Crippen LogP contribution in [0.1, 0.15) is 22.6 Å². The van der Waals surface area contributed by atoms with Crippen LogP contribution in [0.3, 0.4) is 0 Å².